The number of aliphatic carboxylic acids is 1. The maximum absolute atomic E-state index is 11.0. The summed E-state index contributed by atoms with van der Waals surface area (Å²) < 4.78 is 5.42. The molecule has 0 amide bonds. The maximum Gasteiger partial charge on any atom is 0.320 e. The summed E-state index contributed by atoms with van der Waals surface area (Å²) in [6.07, 6.45) is 0. The van der Waals surface area contributed by atoms with Gasteiger partial charge in [-0.3, -0.25) is 9.69 Å². The Morgan fingerprint density at radius 3 is 2.70 bits per heavy atom. The highest BCUT2D eigenvalue weighted by atomic mass is 16.5. The molecule has 106 valence electrons. The molecule has 0 aliphatic heterocycles. The summed E-state index contributed by atoms with van der Waals surface area (Å²) in [6, 6.07) is 11.5. The van der Waals surface area contributed by atoms with Gasteiger partial charge in [-0.2, -0.15) is 0 Å². The van der Waals surface area contributed by atoms with E-state index in [1.165, 1.54) is 0 Å². The molecular formula is C16H19NO3. The van der Waals surface area contributed by atoms with Crippen LogP contribution in [0.4, 0.5) is 0 Å². The topological polar surface area (TPSA) is 49.8 Å². The number of ether oxygens (including phenoxy) is 1. The molecule has 0 radical (unpaired) electrons. The zero-order valence-corrected chi connectivity index (χ0v) is 12.0. The van der Waals surface area contributed by atoms with E-state index in [9.17, 15) is 4.79 Å². The van der Waals surface area contributed by atoms with Crippen molar-refractivity contribution in [3.05, 3.63) is 42.0 Å². The van der Waals surface area contributed by atoms with Crippen molar-refractivity contribution >= 4 is 16.7 Å². The third-order valence-electron chi connectivity index (χ3n) is 3.55. The van der Waals surface area contributed by atoms with E-state index in [0.29, 0.717) is 6.54 Å². The Balaban J connectivity index is 2.33. The van der Waals surface area contributed by atoms with Gasteiger partial charge in [0, 0.05) is 11.9 Å². The molecule has 2 aromatic rings. The zero-order valence-electron chi connectivity index (χ0n) is 12.0. The minimum Gasteiger partial charge on any atom is -0.496 e. The average molecular weight is 273 g/mol. The summed E-state index contributed by atoms with van der Waals surface area (Å²) in [6.45, 7) is 2.25. The number of fused-ring (bicyclic) bond motifs is 1. The molecule has 1 unspecified atom stereocenters. The van der Waals surface area contributed by atoms with Gasteiger partial charge in [0.1, 0.15) is 11.8 Å². The van der Waals surface area contributed by atoms with Gasteiger partial charge in [0.2, 0.25) is 0 Å². The van der Waals surface area contributed by atoms with Gasteiger partial charge in [0.25, 0.3) is 0 Å². The van der Waals surface area contributed by atoms with Gasteiger partial charge in [0.05, 0.1) is 7.11 Å². The normalized spacial score (nSPS) is 12.6. The van der Waals surface area contributed by atoms with Crippen molar-refractivity contribution in [1.82, 2.24) is 4.90 Å². The van der Waals surface area contributed by atoms with E-state index in [4.69, 9.17) is 9.84 Å². The second-order valence-corrected chi connectivity index (χ2v) is 4.95. The van der Waals surface area contributed by atoms with Crippen molar-refractivity contribution in [1.29, 1.82) is 0 Å². The van der Waals surface area contributed by atoms with E-state index in [-0.39, 0.29) is 0 Å². The third kappa shape index (κ3) is 2.91. The monoisotopic (exact) mass is 273 g/mol. The van der Waals surface area contributed by atoms with Gasteiger partial charge in [-0.25, -0.2) is 0 Å². The van der Waals surface area contributed by atoms with Crippen molar-refractivity contribution in [2.75, 3.05) is 14.2 Å². The minimum atomic E-state index is -0.819. The smallest absolute Gasteiger partial charge is 0.320 e. The maximum atomic E-state index is 11.0. The van der Waals surface area contributed by atoms with E-state index in [1.54, 1.807) is 26.0 Å². The molecule has 0 aliphatic carbocycles. The van der Waals surface area contributed by atoms with Crippen LogP contribution in [0.5, 0.6) is 5.75 Å². The number of rotatable bonds is 5. The van der Waals surface area contributed by atoms with Crippen LogP contribution >= 0.6 is 0 Å². The predicted molar refractivity (Wildman–Crippen MR) is 79.1 cm³/mol. The van der Waals surface area contributed by atoms with Gasteiger partial charge in [-0.15, -0.1) is 0 Å². The highest BCUT2D eigenvalue weighted by Gasteiger charge is 2.17. The Morgan fingerprint density at radius 2 is 2.05 bits per heavy atom. The molecule has 0 aliphatic rings. The highest BCUT2D eigenvalue weighted by Crippen LogP contribution is 2.27. The Kier molecular flexibility index (Phi) is 4.25. The van der Waals surface area contributed by atoms with Gasteiger partial charge < -0.3 is 9.84 Å². The van der Waals surface area contributed by atoms with Crippen LogP contribution in [0.2, 0.25) is 0 Å². The average Bonchev–Trinajstić information content (AvgIpc) is 2.45. The van der Waals surface area contributed by atoms with E-state index in [2.05, 4.69) is 6.07 Å². The summed E-state index contributed by atoms with van der Waals surface area (Å²) >= 11 is 0. The second kappa shape index (κ2) is 5.92. The standard InChI is InChI=1S/C16H19NO3/c1-11(16(18)19)17(2)10-12-8-13-6-4-5-7-14(13)15(9-12)20-3/h4-9,11H,10H2,1-3H3,(H,18,19). The number of carboxylic acid groups (broad SMARTS) is 1. The molecule has 4 nitrogen and oxygen atoms in total. The Morgan fingerprint density at radius 1 is 1.35 bits per heavy atom. The quantitative estimate of drug-likeness (QED) is 0.910. The first-order valence-electron chi connectivity index (χ1n) is 6.51. The zero-order chi connectivity index (χ0) is 14.7. The van der Waals surface area contributed by atoms with Crippen LogP contribution in [0, 0.1) is 0 Å². The van der Waals surface area contributed by atoms with Crippen LogP contribution in [0.25, 0.3) is 10.8 Å². The summed E-state index contributed by atoms with van der Waals surface area (Å²) in [4.78, 5) is 12.8. The predicted octanol–water partition coefficient (Wildman–Crippen LogP) is 2.75. The minimum absolute atomic E-state index is 0.521. The highest BCUT2D eigenvalue weighted by molar-refractivity contribution is 5.89. The molecular weight excluding hydrogens is 254 g/mol. The summed E-state index contributed by atoms with van der Waals surface area (Å²) in [5.74, 6) is -0.00488. The largest absolute Gasteiger partial charge is 0.496 e. The number of benzene rings is 2. The van der Waals surface area contributed by atoms with E-state index < -0.39 is 12.0 Å². The van der Waals surface area contributed by atoms with Gasteiger partial charge in [-0.1, -0.05) is 24.3 Å². The molecule has 0 fully saturated rings. The van der Waals surface area contributed by atoms with Crippen molar-refractivity contribution in [2.45, 2.75) is 19.5 Å². The molecule has 1 atom stereocenters. The van der Waals surface area contributed by atoms with Crippen LogP contribution in [0.3, 0.4) is 0 Å². The fourth-order valence-corrected chi connectivity index (χ4v) is 2.21. The first-order chi connectivity index (χ1) is 9.52. The van der Waals surface area contributed by atoms with Crippen molar-refractivity contribution in [3.63, 3.8) is 0 Å². The molecule has 0 saturated heterocycles. The SMILES string of the molecule is COc1cc(CN(C)C(C)C(=O)O)cc2ccccc12. The summed E-state index contributed by atoms with van der Waals surface area (Å²) in [5.41, 5.74) is 1.04. The van der Waals surface area contributed by atoms with Crippen molar-refractivity contribution < 1.29 is 14.6 Å². The molecule has 2 aromatic carbocycles. The number of nitrogens with zero attached hydrogens (tertiary/aromatic N) is 1. The lowest BCUT2D eigenvalue weighted by Crippen LogP contribution is -2.35. The number of hydrogen-bond donors (Lipinski definition) is 1. The molecule has 0 bridgehead atoms. The molecule has 0 spiro atoms. The lowest BCUT2D eigenvalue weighted by atomic mass is 10.1. The number of carbonyl (C=O) groups is 1. The second-order valence-electron chi connectivity index (χ2n) is 4.95. The van der Waals surface area contributed by atoms with E-state index in [0.717, 1.165) is 22.1 Å². The molecule has 4 heteroatoms. The van der Waals surface area contributed by atoms with Crippen LogP contribution < -0.4 is 4.74 Å². The first kappa shape index (κ1) is 14.3. The van der Waals surface area contributed by atoms with Crippen LogP contribution in [-0.4, -0.2) is 36.2 Å². The third-order valence-corrected chi connectivity index (χ3v) is 3.55. The van der Waals surface area contributed by atoms with Gasteiger partial charge in [0.15, 0.2) is 0 Å². The Labute approximate surface area is 118 Å². The van der Waals surface area contributed by atoms with Crippen LogP contribution in [0.1, 0.15) is 12.5 Å². The number of carboxylic acids is 1. The van der Waals surface area contributed by atoms with E-state index >= 15 is 0 Å². The van der Waals surface area contributed by atoms with Crippen molar-refractivity contribution in [2.24, 2.45) is 0 Å². The fraction of sp³-hybridized carbons (Fsp3) is 0.312. The van der Waals surface area contributed by atoms with Gasteiger partial charge in [-0.05, 0) is 37.1 Å². The molecule has 0 aromatic heterocycles. The molecule has 0 heterocycles. The molecule has 2 rings (SSSR count). The lowest BCUT2D eigenvalue weighted by molar-refractivity contribution is -0.142. The van der Waals surface area contributed by atoms with Gasteiger partial charge >= 0.3 is 5.97 Å². The molecule has 20 heavy (non-hydrogen) atoms. The van der Waals surface area contributed by atoms with E-state index in [1.807, 2.05) is 30.3 Å². The van der Waals surface area contributed by atoms with Crippen molar-refractivity contribution in [3.8, 4) is 5.75 Å². The van der Waals surface area contributed by atoms with Crippen LogP contribution in [0.15, 0.2) is 36.4 Å². The Bertz CT molecular complexity index is 624. The summed E-state index contributed by atoms with van der Waals surface area (Å²) in [7, 11) is 3.45. The summed E-state index contributed by atoms with van der Waals surface area (Å²) in [5, 5.41) is 11.2. The Hall–Kier alpha value is -2.07. The molecule has 0 saturated carbocycles. The number of methoxy groups -OCH3 is 1. The fourth-order valence-electron chi connectivity index (χ4n) is 2.21. The number of likely N-dealkylation sites (N-methyl/N-ethyl adjacent to an activating group) is 1. The lowest BCUT2D eigenvalue weighted by Gasteiger charge is -2.21. The van der Waals surface area contributed by atoms with Crippen LogP contribution in [-0.2, 0) is 11.3 Å². The number of hydrogen-bond acceptors (Lipinski definition) is 3. The molecule has 1 N–H and O–H groups in total. The first-order valence-corrected chi connectivity index (χ1v) is 6.51.